The van der Waals surface area contributed by atoms with Gasteiger partial charge in [0.15, 0.2) is 0 Å². The van der Waals surface area contributed by atoms with Crippen LogP contribution in [0.5, 0.6) is 0 Å². The summed E-state index contributed by atoms with van der Waals surface area (Å²) in [5.74, 6) is -0.423. The Bertz CT molecular complexity index is 1050. The molecule has 28 heavy (non-hydrogen) atoms. The van der Waals surface area contributed by atoms with Crippen LogP contribution in [0.15, 0.2) is 53.9 Å². The van der Waals surface area contributed by atoms with E-state index in [4.69, 9.17) is 0 Å². The molecule has 0 saturated heterocycles. The topological polar surface area (TPSA) is 72.2 Å². The maximum absolute atomic E-state index is 13.0. The SMILES string of the molecule is C[C@@H](NC(=O)Cc1cc2c(cn1)C(c1cnn(C)c1)=NC2)c1ccc(F)cc1. The average Bonchev–Trinajstić information content (AvgIpc) is 3.27. The first-order valence-corrected chi connectivity index (χ1v) is 9.06. The molecule has 6 nitrogen and oxygen atoms in total. The molecule has 142 valence electrons. The highest BCUT2D eigenvalue weighted by Crippen LogP contribution is 2.23. The van der Waals surface area contributed by atoms with Gasteiger partial charge >= 0.3 is 0 Å². The van der Waals surface area contributed by atoms with Crippen LogP contribution in [0.25, 0.3) is 0 Å². The molecule has 7 heteroatoms. The van der Waals surface area contributed by atoms with Crippen LogP contribution >= 0.6 is 0 Å². The summed E-state index contributed by atoms with van der Waals surface area (Å²) in [5, 5.41) is 7.12. The maximum atomic E-state index is 13.0. The maximum Gasteiger partial charge on any atom is 0.226 e. The van der Waals surface area contributed by atoms with Gasteiger partial charge in [-0.15, -0.1) is 0 Å². The second kappa shape index (κ2) is 7.34. The number of hydrogen-bond donors (Lipinski definition) is 1. The lowest BCUT2D eigenvalue weighted by Gasteiger charge is -2.14. The Balaban J connectivity index is 1.42. The summed E-state index contributed by atoms with van der Waals surface area (Å²) in [6.07, 6.45) is 5.67. The molecule has 3 heterocycles. The zero-order chi connectivity index (χ0) is 19.7. The van der Waals surface area contributed by atoms with E-state index >= 15 is 0 Å². The van der Waals surface area contributed by atoms with E-state index in [1.54, 1.807) is 29.2 Å². The minimum atomic E-state index is -0.294. The van der Waals surface area contributed by atoms with Gasteiger partial charge in [0, 0.05) is 30.6 Å². The summed E-state index contributed by atoms with van der Waals surface area (Å²) in [6.45, 7) is 2.44. The number of amides is 1. The predicted molar refractivity (Wildman–Crippen MR) is 103 cm³/mol. The Kier molecular flexibility index (Phi) is 4.73. The van der Waals surface area contributed by atoms with Crippen molar-refractivity contribution in [3.05, 3.63) is 82.7 Å². The third-order valence-electron chi connectivity index (χ3n) is 4.78. The minimum absolute atomic E-state index is 0.129. The molecule has 2 aromatic heterocycles. The van der Waals surface area contributed by atoms with Crippen LogP contribution in [-0.2, 0) is 24.8 Å². The molecule has 1 atom stereocenters. The number of aryl methyl sites for hydroxylation is 1. The van der Waals surface area contributed by atoms with Crippen LogP contribution in [0.1, 0.15) is 40.9 Å². The smallest absolute Gasteiger partial charge is 0.226 e. The molecule has 0 fully saturated rings. The van der Waals surface area contributed by atoms with Crippen LogP contribution in [0.2, 0.25) is 0 Å². The van der Waals surface area contributed by atoms with Crippen LogP contribution in [0.4, 0.5) is 4.39 Å². The molecule has 0 spiro atoms. The largest absolute Gasteiger partial charge is 0.349 e. The number of halogens is 1. The second-order valence-corrected chi connectivity index (χ2v) is 6.92. The predicted octanol–water partition coefficient (Wildman–Crippen LogP) is 2.73. The zero-order valence-electron chi connectivity index (χ0n) is 15.7. The van der Waals surface area contributed by atoms with Gasteiger partial charge in [-0.3, -0.25) is 19.5 Å². The van der Waals surface area contributed by atoms with Crippen LogP contribution in [0.3, 0.4) is 0 Å². The van der Waals surface area contributed by atoms with Gasteiger partial charge in [0.05, 0.1) is 36.6 Å². The van der Waals surface area contributed by atoms with Gasteiger partial charge in [-0.05, 0) is 36.2 Å². The number of carbonyl (C=O) groups excluding carboxylic acids is 1. The first-order valence-electron chi connectivity index (χ1n) is 9.06. The molecular weight excluding hydrogens is 357 g/mol. The number of pyridine rings is 1. The first kappa shape index (κ1) is 18.0. The van der Waals surface area contributed by atoms with Gasteiger partial charge in [0.1, 0.15) is 5.82 Å². The fourth-order valence-corrected chi connectivity index (χ4v) is 3.32. The Morgan fingerprint density at radius 1 is 1.29 bits per heavy atom. The summed E-state index contributed by atoms with van der Waals surface area (Å²) >= 11 is 0. The first-order chi connectivity index (χ1) is 13.5. The number of nitrogens with one attached hydrogen (secondary N) is 1. The van der Waals surface area contributed by atoms with Crippen molar-refractivity contribution in [2.75, 3.05) is 0 Å². The third kappa shape index (κ3) is 3.69. The van der Waals surface area contributed by atoms with Crippen LogP contribution < -0.4 is 5.32 Å². The number of aliphatic imine (C=N–C) groups is 1. The molecular formula is C21H20FN5O. The lowest BCUT2D eigenvalue weighted by molar-refractivity contribution is -0.121. The second-order valence-electron chi connectivity index (χ2n) is 6.92. The van der Waals surface area contributed by atoms with Gasteiger partial charge in [-0.25, -0.2) is 4.39 Å². The van der Waals surface area contributed by atoms with Crippen molar-refractivity contribution in [2.24, 2.45) is 12.0 Å². The molecule has 1 aliphatic heterocycles. The molecule has 3 aromatic rings. The quantitative estimate of drug-likeness (QED) is 0.743. The Morgan fingerprint density at radius 2 is 2.07 bits per heavy atom. The standard InChI is InChI=1S/C21H20FN5O/c1-13(14-3-5-17(22)6-4-14)26-20(28)8-18-7-15-9-24-21(19(15)11-23-18)16-10-25-27(2)12-16/h3-7,10-13H,8-9H2,1-2H3,(H,26,28)/t13-/m1/s1. The molecule has 0 aliphatic carbocycles. The highest BCUT2D eigenvalue weighted by Gasteiger charge is 2.20. The Morgan fingerprint density at radius 3 is 2.79 bits per heavy atom. The van der Waals surface area contributed by atoms with Crippen molar-refractivity contribution in [3.8, 4) is 0 Å². The summed E-state index contributed by atoms with van der Waals surface area (Å²) < 4.78 is 14.8. The fraction of sp³-hybridized carbons (Fsp3) is 0.238. The van der Waals surface area contributed by atoms with Crippen molar-refractivity contribution in [1.29, 1.82) is 0 Å². The van der Waals surface area contributed by atoms with E-state index in [2.05, 4.69) is 20.4 Å². The summed E-state index contributed by atoms with van der Waals surface area (Å²) in [5.41, 5.74) is 5.44. The normalized spacial score (nSPS) is 13.8. The third-order valence-corrected chi connectivity index (χ3v) is 4.78. The van der Waals surface area contributed by atoms with Crippen molar-refractivity contribution < 1.29 is 9.18 Å². The van der Waals surface area contributed by atoms with E-state index < -0.39 is 0 Å². The molecule has 0 saturated carbocycles. The lowest BCUT2D eigenvalue weighted by atomic mass is 10.0. The molecule has 4 rings (SSSR count). The number of carbonyl (C=O) groups is 1. The van der Waals surface area contributed by atoms with Crippen molar-refractivity contribution >= 4 is 11.6 Å². The number of aromatic nitrogens is 3. The van der Waals surface area contributed by atoms with E-state index in [9.17, 15) is 9.18 Å². The van der Waals surface area contributed by atoms with Crippen molar-refractivity contribution in [3.63, 3.8) is 0 Å². The van der Waals surface area contributed by atoms with Gasteiger partial charge < -0.3 is 5.32 Å². The van der Waals surface area contributed by atoms with E-state index in [0.29, 0.717) is 12.2 Å². The van der Waals surface area contributed by atoms with Gasteiger partial charge in [0.2, 0.25) is 5.91 Å². The lowest BCUT2D eigenvalue weighted by Crippen LogP contribution is -2.28. The number of benzene rings is 1. The molecule has 0 unspecified atom stereocenters. The summed E-state index contributed by atoms with van der Waals surface area (Å²) in [7, 11) is 1.87. The molecule has 1 amide bonds. The molecule has 1 N–H and O–H groups in total. The van der Waals surface area contributed by atoms with Gasteiger partial charge in [-0.1, -0.05) is 12.1 Å². The number of hydrogen-bond acceptors (Lipinski definition) is 4. The number of fused-ring (bicyclic) bond motifs is 1. The Hall–Kier alpha value is -3.35. The van der Waals surface area contributed by atoms with Crippen molar-refractivity contribution in [2.45, 2.75) is 25.9 Å². The van der Waals surface area contributed by atoms with Gasteiger partial charge in [0.25, 0.3) is 0 Å². The monoisotopic (exact) mass is 377 g/mol. The molecule has 1 aromatic carbocycles. The highest BCUT2D eigenvalue weighted by molar-refractivity contribution is 6.14. The summed E-state index contributed by atoms with van der Waals surface area (Å²) in [4.78, 5) is 21.4. The van der Waals surface area contributed by atoms with Crippen LogP contribution in [-0.4, -0.2) is 26.4 Å². The van der Waals surface area contributed by atoms with Crippen LogP contribution in [0, 0.1) is 5.82 Å². The average molecular weight is 377 g/mol. The van der Waals surface area contributed by atoms with Crippen molar-refractivity contribution in [1.82, 2.24) is 20.1 Å². The molecule has 0 radical (unpaired) electrons. The minimum Gasteiger partial charge on any atom is -0.349 e. The van der Waals surface area contributed by atoms with E-state index in [0.717, 1.165) is 28.0 Å². The number of nitrogens with zero attached hydrogens (tertiary/aromatic N) is 4. The van der Waals surface area contributed by atoms with E-state index in [1.165, 1.54) is 12.1 Å². The van der Waals surface area contributed by atoms with E-state index in [1.807, 2.05) is 26.2 Å². The van der Waals surface area contributed by atoms with Gasteiger partial charge in [-0.2, -0.15) is 5.10 Å². The van der Waals surface area contributed by atoms with E-state index in [-0.39, 0.29) is 24.2 Å². The molecule has 1 aliphatic rings. The molecule has 0 bridgehead atoms. The number of rotatable bonds is 5. The summed E-state index contributed by atoms with van der Waals surface area (Å²) in [6, 6.07) is 7.85. The highest BCUT2D eigenvalue weighted by atomic mass is 19.1. The zero-order valence-corrected chi connectivity index (χ0v) is 15.7. The fourth-order valence-electron chi connectivity index (χ4n) is 3.32. The Labute approximate surface area is 162 Å².